The van der Waals surface area contributed by atoms with Crippen LogP contribution in [0, 0.1) is 11.8 Å². The van der Waals surface area contributed by atoms with E-state index in [0.717, 1.165) is 5.92 Å². The first kappa shape index (κ1) is 12.0. The Labute approximate surface area is 115 Å². The predicted molar refractivity (Wildman–Crippen MR) is 73.2 cm³/mol. The molecule has 1 aliphatic heterocycles. The average molecular weight is 310 g/mol. The number of rotatable bonds is 2. The van der Waals surface area contributed by atoms with Crippen LogP contribution in [0.25, 0.3) is 0 Å². The molecular formula is C14H16BrNO2. The van der Waals surface area contributed by atoms with Crippen molar-refractivity contribution in [2.24, 2.45) is 11.8 Å². The Kier molecular flexibility index (Phi) is 3.06. The van der Waals surface area contributed by atoms with Crippen LogP contribution >= 0.6 is 15.9 Å². The third-order valence-corrected chi connectivity index (χ3v) is 4.97. The van der Waals surface area contributed by atoms with Gasteiger partial charge in [0, 0.05) is 4.83 Å². The summed E-state index contributed by atoms with van der Waals surface area (Å²) >= 11 is 3.75. The molecule has 1 fully saturated rings. The first-order chi connectivity index (χ1) is 8.66. The van der Waals surface area contributed by atoms with E-state index in [1.54, 1.807) is 0 Å². The summed E-state index contributed by atoms with van der Waals surface area (Å²) in [5, 5.41) is 2.84. The van der Waals surface area contributed by atoms with Gasteiger partial charge in [0.05, 0.1) is 12.1 Å². The largest absolute Gasteiger partial charge is 0.491 e. The molecular weight excluding hydrogens is 294 g/mol. The minimum atomic E-state index is -0.0344. The normalized spacial score (nSPS) is 27.6. The maximum absolute atomic E-state index is 11.9. The number of nitrogens with one attached hydrogen (secondary N) is 1. The minimum Gasteiger partial charge on any atom is -0.491 e. The molecule has 18 heavy (non-hydrogen) atoms. The van der Waals surface area contributed by atoms with E-state index in [2.05, 4.69) is 34.2 Å². The van der Waals surface area contributed by atoms with E-state index in [0.29, 0.717) is 35.2 Å². The lowest BCUT2D eigenvalue weighted by molar-refractivity contribution is 0.0957. The summed E-state index contributed by atoms with van der Waals surface area (Å²) in [7, 11) is 0. The number of alkyl halides is 1. The van der Waals surface area contributed by atoms with Crippen molar-refractivity contribution in [2.45, 2.75) is 18.2 Å². The Morgan fingerprint density at radius 1 is 1.50 bits per heavy atom. The fourth-order valence-corrected chi connectivity index (χ4v) is 3.47. The molecule has 0 saturated heterocycles. The molecule has 3 atom stereocenters. The molecule has 3 nitrogen and oxygen atoms in total. The third-order valence-electron chi connectivity index (χ3n) is 3.76. The van der Waals surface area contributed by atoms with E-state index >= 15 is 0 Å². The van der Waals surface area contributed by atoms with Crippen molar-refractivity contribution < 1.29 is 9.53 Å². The SMILES string of the molecule is CC1CC1C(Br)c1ccc2c(c1)C(=O)NCCO2. The maximum atomic E-state index is 11.9. The zero-order valence-corrected chi connectivity index (χ0v) is 11.9. The quantitative estimate of drug-likeness (QED) is 0.853. The zero-order chi connectivity index (χ0) is 12.7. The fraction of sp³-hybridized carbons (Fsp3) is 0.500. The van der Waals surface area contributed by atoms with Crippen molar-refractivity contribution in [3.8, 4) is 5.75 Å². The molecule has 1 amide bonds. The van der Waals surface area contributed by atoms with Crippen molar-refractivity contribution in [2.75, 3.05) is 13.2 Å². The van der Waals surface area contributed by atoms with Gasteiger partial charge in [0.15, 0.2) is 0 Å². The highest BCUT2D eigenvalue weighted by Gasteiger charge is 2.39. The van der Waals surface area contributed by atoms with Crippen LogP contribution in [0.5, 0.6) is 5.75 Å². The molecule has 1 aromatic rings. The molecule has 0 aromatic heterocycles. The van der Waals surface area contributed by atoms with Crippen LogP contribution in [0.3, 0.4) is 0 Å². The highest BCUT2D eigenvalue weighted by Crippen LogP contribution is 2.51. The van der Waals surface area contributed by atoms with Crippen LogP contribution < -0.4 is 10.1 Å². The number of carbonyl (C=O) groups is 1. The van der Waals surface area contributed by atoms with E-state index in [4.69, 9.17) is 4.74 Å². The summed E-state index contributed by atoms with van der Waals surface area (Å²) in [6.45, 7) is 3.37. The molecule has 1 aliphatic carbocycles. The lowest BCUT2D eigenvalue weighted by Crippen LogP contribution is -2.24. The third kappa shape index (κ3) is 2.14. The minimum absolute atomic E-state index is 0.0344. The topological polar surface area (TPSA) is 38.3 Å². The van der Waals surface area contributed by atoms with Crippen LogP contribution in [0.2, 0.25) is 0 Å². The number of hydrogen-bond donors (Lipinski definition) is 1. The Morgan fingerprint density at radius 2 is 2.28 bits per heavy atom. The smallest absolute Gasteiger partial charge is 0.255 e. The van der Waals surface area contributed by atoms with Gasteiger partial charge in [0.25, 0.3) is 5.91 Å². The van der Waals surface area contributed by atoms with Gasteiger partial charge in [-0.15, -0.1) is 0 Å². The molecule has 0 radical (unpaired) electrons. The number of benzene rings is 1. The number of amides is 1. The van der Waals surface area contributed by atoms with Crippen LogP contribution in [-0.2, 0) is 0 Å². The monoisotopic (exact) mass is 309 g/mol. The Morgan fingerprint density at radius 3 is 3.00 bits per heavy atom. The van der Waals surface area contributed by atoms with Crippen LogP contribution in [0.1, 0.15) is 34.1 Å². The van der Waals surface area contributed by atoms with Crippen molar-refractivity contribution in [1.82, 2.24) is 5.32 Å². The average Bonchev–Trinajstić information content (AvgIpc) is 3.12. The number of carbonyl (C=O) groups excluding carboxylic acids is 1. The second kappa shape index (κ2) is 4.57. The maximum Gasteiger partial charge on any atom is 0.255 e. The van der Waals surface area contributed by atoms with E-state index in [1.165, 1.54) is 12.0 Å². The van der Waals surface area contributed by atoms with Gasteiger partial charge in [0.1, 0.15) is 12.4 Å². The van der Waals surface area contributed by atoms with Crippen LogP contribution in [0.4, 0.5) is 0 Å². The van der Waals surface area contributed by atoms with Gasteiger partial charge >= 0.3 is 0 Å². The number of fused-ring (bicyclic) bond motifs is 1. The molecule has 3 unspecified atom stereocenters. The Balaban J connectivity index is 1.91. The molecule has 96 valence electrons. The molecule has 1 saturated carbocycles. The summed E-state index contributed by atoms with van der Waals surface area (Å²) in [5.41, 5.74) is 1.83. The van der Waals surface area contributed by atoms with Gasteiger partial charge in [-0.05, 0) is 36.0 Å². The summed E-state index contributed by atoms with van der Waals surface area (Å²) < 4.78 is 5.55. The second-order valence-electron chi connectivity index (χ2n) is 5.14. The predicted octanol–water partition coefficient (Wildman–Crippen LogP) is 2.90. The Bertz CT molecular complexity index is 489. The molecule has 3 rings (SSSR count). The van der Waals surface area contributed by atoms with Gasteiger partial charge in [-0.25, -0.2) is 0 Å². The summed E-state index contributed by atoms with van der Waals surface area (Å²) in [5.74, 6) is 2.13. The summed E-state index contributed by atoms with van der Waals surface area (Å²) in [6.07, 6.45) is 1.26. The first-order valence-corrected chi connectivity index (χ1v) is 7.27. The molecule has 0 bridgehead atoms. The van der Waals surface area contributed by atoms with Crippen molar-refractivity contribution in [3.63, 3.8) is 0 Å². The standard InChI is InChI=1S/C14H16BrNO2/c1-8-6-10(8)13(15)9-2-3-12-11(7-9)14(17)16-4-5-18-12/h2-3,7-8,10,13H,4-6H2,1H3,(H,16,17). The fourth-order valence-electron chi connectivity index (χ4n) is 2.45. The lowest BCUT2D eigenvalue weighted by Gasteiger charge is -2.12. The molecule has 1 aromatic carbocycles. The van der Waals surface area contributed by atoms with Gasteiger partial charge in [-0.2, -0.15) is 0 Å². The van der Waals surface area contributed by atoms with Crippen molar-refractivity contribution >= 4 is 21.8 Å². The molecule has 1 N–H and O–H groups in total. The highest BCUT2D eigenvalue weighted by atomic mass is 79.9. The Hall–Kier alpha value is -1.03. The summed E-state index contributed by atoms with van der Waals surface area (Å²) in [4.78, 5) is 12.3. The zero-order valence-electron chi connectivity index (χ0n) is 10.3. The van der Waals surface area contributed by atoms with E-state index in [9.17, 15) is 4.79 Å². The molecule has 0 spiro atoms. The highest BCUT2D eigenvalue weighted by molar-refractivity contribution is 9.09. The number of ether oxygens (including phenoxy) is 1. The van der Waals surface area contributed by atoms with Gasteiger partial charge in [0.2, 0.25) is 0 Å². The van der Waals surface area contributed by atoms with E-state index in [1.807, 2.05) is 12.1 Å². The molecule has 4 heteroatoms. The van der Waals surface area contributed by atoms with E-state index in [-0.39, 0.29) is 5.91 Å². The van der Waals surface area contributed by atoms with Gasteiger partial charge in [-0.3, -0.25) is 4.79 Å². The van der Waals surface area contributed by atoms with Crippen molar-refractivity contribution in [3.05, 3.63) is 29.3 Å². The molecule has 1 heterocycles. The van der Waals surface area contributed by atoms with Crippen LogP contribution in [0.15, 0.2) is 18.2 Å². The van der Waals surface area contributed by atoms with Crippen molar-refractivity contribution in [1.29, 1.82) is 0 Å². The van der Waals surface area contributed by atoms with Gasteiger partial charge in [-0.1, -0.05) is 28.9 Å². The van der Waals surface area contributed by atoms with Gasteiger partial charge < -0.3 is 10.1 Å². The summed E-state index contributed by atoms with van der Waals surface area (Å²) in [6, 6.07) is 5.93. The second-order valence-corrected chi connectivity index (χ2v) is 6.13. The lowest BCUT2D eigenvalue weighted by atomic mass is 10.0. The number of halogens is 1. The molecule has 2 aliphatic rings. The van der Waals surface area contributed by atoms with Crippen LogP contribution in [-0.4, -0.2) is 19.1 Å². The first-order valence-electron chi connectivity index (χ1n) is 6.36. The number of hydrogen-bond acceptors (Lipinski definition) is 2. The van der Waals surface area contributed by atoms with E-state index < -0.39 is 0 Å².